The van der Waals surface area contributed by atoms with Gasteiger partial charge in [0.25, 0.3) is 0 Å². The highest BCUT2D eigenvalue weighted by atomic mass is 127. The van der Waals surface area contributed by atoms with Crippen LogP contribution < -0.4 is 0 Å². The summed E-state index contributed by atoms with van der Waals surface area (Å²) in [6, 6.07) is -0.263. The van der Waals surface area contributed by atoms with Gasteiger partial charge in [-0.15, -0.1) is 0 Å². The number of rotatable bonds is 4. The maximum atomic E-state index is 13.6. The minimum atomic E-state index is -0.351. The van der Waals surface area contributed by atoms with Gasteiger partial charge in [-0.2, -0.15) is 0 Å². The third-order valence-corrected chi connectivity index (χ3v) is 6.48. The van der Waals surface area contributed by atoms with E-state index in [0.29, 0.717) is 11.0 Å². The lowest BCUT2D eigenvalue weighted by Crippen LogP contribution is -2.08. The van der Waals surface area contributed by atoms with E-state index in [9.17, 15) is 8.78 Å². The molecule has 4 aromatic rings. The molecule has 10 heteroatoms. The number of hydrogen-bond donors (Lipinski definition) is 2. The van der Waals surface area contributed by atoms with Gasteiger partial charge in [0, 0.05) is 42.7 Å². The van der Waals surface area contributed by atoms with E-state index in [0.717, 1.165) is 17.9 Å². The Morgan fingerprint density at radius 2 is 1.17 bits per heavy atom. The molecule has 0 saturated heterocycles. The van der Waals surface area contributed by atoms with Crippen LogP contribution in [0, 0.1) is 18.8 Å². The summed E-state index contributed by atoms with van der Waals surface area (Å²) in [5, 5.41) is 19.7. The lowest BCUT2D eigenvalue weighted by Gasteiger charge is -2.11. The molecule has 2 N–H and O–H groups in total. The summed E-state index contributed by atoms with van der Waals surface area (Å²) in [6.07, 6.45) is 9.33. The molecule has 4 aromatic heterocycles. The summed E-state index contributed by atoms with van der Waals surface area (Å²) in [6.45, 7) is 3.66. The van der Waals surface area contributed by atoms with Gasteiger partial charge in [-0.1, -0.05) is 0 Å². The second-order valence-corrected chi connectivity index (χ2v) is 9.19. The summed E-state index contributed by atoms with van der Waals surface area (Å²) in [4.78, 5) is 7.63. The number of pyridine rings is 2. The SMILES string of the molecule is CC(CO)n1cc(I)c2cncc(F)c21.CC(CO)n1cc(I)c2cncc(F)c21. The first kappa shape index (κ1) is 23.3. The van der Waals surface area contributed by atoms with Gasteiger partial charge < -0.3 is 19.3 Å². The fraction of sp³-hybridized carbons (Fsp3) is 0.300. The Morgan fingerprint density at radius 1 is 0.800 bits per heavy atom. The molecular formula is C20H20F2I2N4O2. The van der Waals surface area contributed by atoms with Crippen molar-refractivity contribution in [2.75, 3.05) is 13.2 Å². The zero-order chi connectivity index (χ0) is 22.0. The maximum Gasteiger partial charge on any atom is 0.165 e. The van der Waals surface area contributed by atoms with Crippen LogP contribution in [0.1, 0.15) is 25.9 Å². The number of nitrogens with zero attached hydrogens (tertiary/aromatic N) is 4. The van der Waals surface area contributed by atoms with Gasteiger partial charge >= 0.3 is 0 Å². The number of aliphatic hydroxyl groups excluding tert-OH is 2. The van der Waals surface area contributed by atoms with Gasteiger partial charge in [-0.05, 0) is 59.0 Å². The molecule has 0 aliphatic heterocycles. The molecule has 4 rings (SSSR count). The van der Waals surface area contributed by atoms with E-state index in [1.807, 2.05) is 26.2 Å². The van der Waals surface area contributed by atoms with Gasteiger partial charge in [0.2, 0.25) is 0 Å². The van der Waals surface area contributed by atoms with Crippen LogP contribution in [0.15, 0.2) is 37.2 Å². The van der Waals surface area contributed by atoms with Crippen molar-refractivity contribution in [2.45, 2.75) is 25.9 Å². The topological polar surface area (TPSA) is 76.1 Å². The van der Waals surface area contributed by atoms with Gasteiger partial charge in [0.1, 0.15) is 0 Å². The second-order valence-electron chi connectivity index (χ2n) is 6.87. The summed E-state index contributed by atoms with van der Waals surface area (Å²) in [5.74, 6) is -0.702. The number of hydrogen-bond acceptors (Lipinski definition) is 4. The standard InChI is InChI=1S/2C10H10FIN2O/c2*1-6(5-15)14-4-9(12)7-2-13-3-8(11)10(7)14/h2*2-4,6,15H,5H2,1H3. The summed E-state index contributed by atoms with van der Waals surface area (Å²) < 4.78 is 32.5. The van der Waals surface area contributed by atoms with Crippen LogP contribution in [0.2, 0.25) is 0 Å². The fourth-order valence-corrected chi connectivity index (χ4v) is 4.50. The molecule has 0 saturated carbocycles. The molecular weight excluding hydrogens is 620 g/mol. The third kappa shape index (κ3) is 4.46. The molecule has 0 aliphatic rings. The van der Waals surface area contributed by atoms with Crippen LogP contribution in [-0.4, -0.2) is 42.5 Å². The summed E-state index contributed by atoms with van der Waals surface area (Å²) in [7, 11) is 0. The van der Waals surface area contributed by atoms with Gasteiger partial charge in [0.05, 0.1) is 48.7 Å². The molecule has 2 atom stereocenters. The first-order valence-electron chi connectivity index (χ1n) is 9.10. The van der Waals surface area contributed by atoms with Crippen LogP contribution in [0.3, 0.4) is 0 Å². The first-order valence-corrected chi connectivity index (χ1v) is 11.3. The zero-order valence-electron chi connectivity index (χ0n) is 16.2. The van der Waals surface area contributed by atoms with Crippen LogP contribution in [-0.2, 0) is 0 Å². The predicted molar refractivity (Wildman–Crippen MR) is 128 cm³/mol. The Kier molecular flexibility index (Phi) is 7.63. The normalized spacial score (nSPS) is 13.3. The smallest absolute Gasteiger partial charge is 0.165 e. The molecule has 160 valence electrons. The fourth-order valence-electron chi connectivity index (χ4n) is 3.11. The molecule has 0 aliphatic carbocycles. The summed E-state index contributed by atoms with van der Waals surface area (Å²) >= 11 is 4.27. The van der Waals surface area contributed by atoms with E-state index < -0.39 is 0 Å². The third-order valence-electron chi connectivity index (χ3n) is 4.76. The van der Waals surface area contributed by atoms with Crippen molar-refractivity contribution in [3.8, 4) is 0 Å². The molecule has 0 aromatic carbocycles. The van der Waals surface area contributed by atoms with Gasteiger partial charge in [-0.3, -0.25) is 9.97 Å². The van der Waals surface area contributed by atoms with Crippen molar-refractivity contribution in [2.24, 2.45) is 0 Å². The Bertz CT molecular complexity index is 1090. The maximum absolute atomic E-state index is 13.6. The van der Waals surface area contributed by atoms with E-state index in [1.54, 1.807) is 21.5 Å². The minimum absolute atomic E-state index is 0.0123. The zero-order valence-corrected chi connectivity index (χ0v) is 20.5. The predicted octanol–water partition coefficient (Wildman–Crippen LogP) is 4.67. The van der Waals surface area contributed by atoms with E-state index >= 15 is 0 Å². The highest BCUT2D eigenvalue weighted by molar-refractivity contribution is 14.1. The molecule has 2 unspecified atom stereocenters. The minimum Gasteiger partial charge on any atom is -0.394 e. The molecule has 0 radical (unpaired) electrons. The molecule has 6 nitrogen and oxygen atoms in total. The molecule has 0 fully saturated rings. The van der Waals surface area contributed by atoms with Crippen molar-refractivity contribution in [1.82, 2.24) is 19.1 Å². The quantitative estimate of drug-likeness (QED) is 0.319. The van der Waals surface area contributed by atoms with E-state index in [4.69, 9.17) is 10.2 Å². The second kappa shape index (κ2) is 9.83. The lowest BCUT2D eigenvalue weighted by atomic mass is 10.3. The molecule has 0 spiro atoms. The number of fused-ring (bicyclic) bond motifs is 2. The van der Waals surface area contributed by atoms with E-state index in [2.05, 4.69) is 55.1 Å². The van der Waals surface area contributed by atoms with Crippen molar-refractivity contribution in [3.05, 3.63) is 56.0 Å². The van der Waals surface area contributed by atoms with Crippen LogP contribution in [0.25, 0.3) is 21.8 Å². The lowest BCUT2D eigenvalue weighted by molar-refractivity contribution is 0.241. The summed E-state index contributed by atoms with van der Waals surface area (Å²) in [5.41, 5.74) is 1.02. The molecule has 0 amide bonds. The van der Waals surface area contributed by atoms with Crippen molar-refractivity contribution >= 4 is 67.0 Å². The first-order chi connectivity index (χ1) is 14.3. The molecule has 30 heavy (non-hydrogen) atoms. The van der Waals surface area contributed by atoms with Gasteiger partial charge in [0.15, 0.2) is 11.6 Å². The van der Waals surface area contributed by atoms with Crippen LogP contribution in [0.5, 0.6) is 0 Å². The van der Waals surface area contributed by atoms with Crippen LogP contribution >= 0.6 is 45.2 Å². The number of aliphatic hydroxyl groups is 2. The average Bonchev–Trinajstić information content (AvgIpc) is 3.27. The van der Waals surface area contributed by atoms with Crippen molar-refractivity contribution in [3.63, 3.8) is 0 Å². The molecule has 0 bridgehead atoms. The van der Waals surface area contributed by atoms with E-state index in [1.165, 1.54) is 12.4 Å². The Balaban J connectivity index is 0.000000171. The molecule has 4 heterocycles. The number of halogens is 4. The highest BCUT2D eigenvalue weighted by Gasteiger charge is 2.15. The Labute approximate surface area is 199 Å². The van der Waals surface area contributed by atoms with Crippen molar-refractivity contribution < 1.29 is 19.0 Å². The van der Waals surface area contributed by atoms with Gasteiger partial charge in [-0.25, -0.2) is 8.78 Å². The number of aromatic nitrogens is 4. The van der Waals surface area contributed by atoms with E-state index in [-0.39, 0.29) is 36.9 Å². The Hall–Kier alpha value is -1.38. The largest absolute Gasteiger partial charge is 0.394 e. The highest BCUT2D eigenvalue weighted by Crippen LogP contribution is 2.28. The van der Waals surface area contributed by atoms with Crippen LogP contribution in [0.4, 0.5) is 8.78 Å². The average molecular weight is 640 g/mol. The monoisotopic (exact) mass is 640 g/mol. The Morgan fingerprint density at radius 3 is 1.50 bits per heavy atom. The van der Waals surface area contributed by atoms with Crippen molar-refractivity contribution in [1.29, 1.82) is 0 Å².